The molecule has 0 atom stereocenters. The molecule has 0 heterocycles. The van der Waals surface area contributed by atoms with Crippen LogP contribution in [0.25, 0.3) is 0 Å². The highest BCUT2D eigenvalue weighted by Gasteiger charge is 2.29. The molecule has 2 N–H and O–H groups in total. The van der Waals surface area contributed by atoms with Crippen molar-refractivity contribution in [2.75, 3.05) is 0 Å². The molecule has 0 aromatic carbocycles. The Labute approximate surface area is 102 Å². The van der Waals surface area contributed by atoms with E-state index < -0.39 is 5.97 Å². The molecule has 2 fully saturated rings. The number of nitrogens with one attached hydrogen (secondary N) is 1. The second-order valence-corrected chi connectivity index (χ2v) is 5.38. The molecule has 2 aliphatic carbocycles. The number of carboxylic acids is 1. The molecule has 4 heteroatoms. The van der Waals surface area contributed by atoms with Crippen molar-refractivity contribution in [3.63, 3.8) is 0 Å². The zero-order valence-electron chi connectivity index (χ0n) is 10.2. The molecule has 2 aliphatic rings. The van der Waals surface area contributed by atoms with E-state index in [0.717, 1.165) is 25.7 Å². The predicted molar refractivity (Wildman–Crippen MR) is 63.5 cm³/mol. The smallest absolute Gasteiger partial charge is 0.306 e. The van der Waals surface area contributed by atoms with Gasteiger partial charge in [-0.05, 0) is 38.5 Å². The van der Waals surface area contributed by atoms with Crippen LogP contribution in [0.4, 0.5) is 0 Å². The molecule has 0 bridgehead atoms. The van der Waals surface area contributed by atoms with Gasteiger partial charge in [0.2, 0.25) is 5.91 Å². The summed E-state index contributed by atoms with van der Waals surface area (Å²) in [5.41, 5.74) is 0. The third-order valence-electron chi connectivity index (χ3n) is 4.15. The number of carbonyl (C=O) groups is 2. The number of amides is 1. The zero-order valence-corrected chi connectivity index (χ0v) is 10.2. The molecule has 96 valence electrons. The average Bonchev–Trinajstić information content (AvgIpc) is 2.83. The molecule has 1 amide bonds. The monoisotopic (exact) mass is 239 g/mol. The molecule has 0 aromatic rings. The summed E-state index contributed by atoms with van der Waals surface area (Å²) in [5, 5.41) is 12.0. The molecule has 0 aromatic heterocycles. The van der Waals surface area contributed by atoms with Gasteiger partial charge in [0, 0.05) is 12.0 Å². The quantitative estimate of drug-likeness (QED) is 0.791. The Bertz CT molecular complexity index is 289. The highest BCUT2D eigenvalue weighted by molar-refractivity contribution is 5.79. The van der Waals surface area contributed by atoms with E-state index in [1.165, 1.54) is 12.8 Å². The van der Waals surface area contributed by atoms with E-state index in [1.807, 2.05) is 0 Å². The first kappa shape index (κ1) is 12.4. The summed E-state index contributed by atoms with van der Waals surface area (Å²) < 4.78 is 0. The van der Waals surface area contributed by atoms with Crippen molar-refractivity contribution >= 4 is 11.9 Å². The Balaban J connectivity index is 1.74. The van der Waals surface area contributed by atoms with Gasteiger partial charge in [-0.2, -0.15) is 0 Å². The third-order valence-corrected chi connectivity index (χ3v) is 4.15. The lowest BCUT2D eigenvalue weighted by Crippen LogP contribution is -2.41. The Kier molecular flexibility index (Phi) is 4.02. The van der Waals surface area contributed by atoms with Crippen LogP contribution in [-0.4, -0.2) is 23.0 Å². The van der Waals surface area contributed by atoms with Crippen LogP contribution in [0.15, 0.2) is 0 Å². The summed E-state index contributed by atoms with van der Waals surface area (Å²) in [4.78, 5) is 22.7. The van der Waals surface area contributed by atoms with Gasteiger partial charge < -0.3 is 10.4 Å². The van der Waals surface area contributed by atoms with Gasteiger partial charge in [-0.3, -0.25) is 9.59 Å². The fraction of sp³-hybridized carbons (Fsp3) is 0.846. The lowest BCUT2D eigenvalue weighted by Gasteiger charge is -2.27. The van der Waals surface area contributed by atoms with Gasteiger partial charge in [-0.1, -0.05) is 12.8 Å². The highest BCUT2D eigenvalue weighted by atomic mass is 16.4. The number of rotatable bonds is 3. The van der Waals surface area contributed by atoms with Crippen LogP contribution in [0, 0.1) is 11.8 Å². The summed E-state index contributed by atoms with van der Waals surface area (Å²) >= 11 is 0. The summed E-state index contributed by atoms with van der Waals surface area (Å²) in [7, 11) is 0. The summed E-state index contributed by atoms with van der Waals surface area (Å²) in [6, 6.07) is 0.207. The van der Waals surface area contributed by atoms with Gasteiger partial charge >= 0.3 is 5.97 Å². The van der Waals surface area contributed by atoms with Crippen LogP contribution in [0.2, 0.25) is 0 Å². The Hall–Kier alpha value is -1.06. The molecule has 4 nitrogen and oxygen atoms in total. The average molecular weight is 239 g/mol. The van der Waals surface area contributed by atoms with Gasteiger partial charge in [0.25, 0.3) is 0 Å². The molecule has 0 aliphatic heterocycles. The van der Waals surface area contributed by atoms with Crippen molar-refractivity contribution in [3.05, 3.63) is 0 Å². The first-order chi connectivity index (χ1) is 8.16. The van der Waals surface area contributed by atoms with E-state index in [2.05, 4.69) is 5.32 Å². The van der Waals surface area contributed by atoms with E-state index in [9.17, 15) is 9.59 Å². The summed E-state index contributed by atoms with van der Waals surface area (Å²) in [6.07, 6.45) is 7.42. The molecular formula is C13H21NO3. The minimum atomic E-state index is -0.689. The lowest BCUT2D eigenvalue weighted by atomic mass is 9.86. The molecule has 2 saturated carbocycles. The van der Waals surface area contributed by atoms with E-state index in [0.29, 0.717) is 12.8 Å². The first-order valence-corrected chi connectivity index (χ1v) is 6.70. The fourth-order valence-electron chi connectivity index (χ4n) is 2.99. The van der Waals surface area contributed by atoms with Crippen molar-refractivity contribution < 1.29 is 14.7 Å². The number of carboxylic acid groups (broad SMARTS) is 1. The molecule has 0 unspecified atom stereocenters. The highest BCUT2D eigenvalue weighted by Crippen LogP contribution is 2.27. The normalized spacial score (nSPS) is 30.1. The maximum Gasteiger partial charge on any atom is 0.306 e. The number of hydrogen-bond donors (Lipinski definition) is 2. The van der Waals surface area contributed by atoms with Crippen LogP contribution >= 0.6 is 0 Å². The minimum absolute atomic E-state index is 0.196. The Morgan fingerprint density at radius 2 is 1.47 bits per heavy atom. The topological polar surface area (TPSA) is 66.4 Å². The molecular weight excluding hydrogens is 218 g/mol. The number of hydrogen-bond acceptors (Lipinski definition) is 2. The molecule has 0 saturated heterocycles. The van der Waals surface area contributed by atoms with Crippen LogP contribution in [0.3, 0.4) is 0 Å². The van der Waals surface area contributed by atoms with Gasteiger partial charge in [0.1, 0.15) is 0 Å². The second kappa shape index (κ2) is 5.52. The predicted octanol–water partition coefficient (Wildman–Crippen LogP) is 1.94. The van der Waals surface area contributed by atoms with E-state index >= 15 is 0 Å². The largest absolute Gasteiger partial charge is 0.481 e. The van der Waals surface area contributed by atoms with Gasteiger partial charge in [-0.15, -0.1) is 0 Å². The number of aliphatic carboxylic acids is 1. The van der Waals surface area contributed by atoms with E-state index in [-0.39, 0.29) is 23.8 Å². The van der Waals surface area contributed by atoms with Crippen molar-refractivity contribution in [3.8, 4) is 0 Å². The Morgan fingerprint density at radius 1 is 0.882 bits per heavy atom. The third kappa shape index (κ3) is 3.20. The second-order valence-electron chi connectivity index (χ2n) is 5.38. The Morgan fingerprint density at radius 3 is 2.00 bits per heavy atom. The number of carbonyl (C=O) groups excluding carboxylic acids is 1. The molecule has 17 heavy (non-hydrogen) atoms. The summed E-state index contributed by atoms with van der Waals surface area (Å²) in [5.74, 6) is -0.478. The van der Waals surface area contributed by atoms with Crippen molar-refractivity contribution in [2.45, 2.75) is 57.4 Å². The molecule has 2 rings (SSSR count). The van der Waals surface area contributed by atoms with Crippen LogP contribution in [0.5, 0.6) is 0 Å². The fourth-order valence-corrected chi connectivity index (χ4v) is 2.99. The first-order valence-electron chi connectivity index (χ1n) is 6.70. The SMILES string of the molecule is O=C(O)C1CCC(NC(=O)C2CCCC2)CC1. The van der Waals surface area contributed by atoms with Gasteiger partial charge in [0.15, 0.2) is 0 Å². The van der Waals surface area contributed by atoms with Crippen molar-refractivity contribution in [1.82, 2.24) is 5.32 Å². The minimum Gasteiger partial charge on any atom is -0.481 e. The van der Waals surface area contributed by atoms with Gasteiger partial charge in [0.05, 0.1) is 5.92 Å². The van der Waals surface area contributed by atoms with E-state index in [4.69, 9.17) is 5.11 Å². The van der Waals surface area contributed by atoms with Crippen LogP contribution in [-0.2, 0) is 9.59 Å². The van der Waals surface area contributed by atoms with Crippen LogP contribution < -0.4 is 5.32 Å². The van der Waals surface area contributed by atoms with Crippen molar-refractivity contribution in [2.24, 2.45) is 11.8 Å². The van der Waals surface area contributed by atoms with Crippen LogP contribution in [0.1, 0.15) is 51.4 Å². The lowest BCUT2D eigenvalue weighted by molar-refractivity contribution is -0.142. The van der Waals surface area contributed by atoms with E-state index in [1.54, 1.807) is 0 Å². The summed E-state index contributed by atoms with van der Waals surface area (Å²) in [6.45, 7) is 0. The van der Waals surface area contributed by atoms with Gasteiger partial charge in [-0.25, -0.2) is 0 Å². The van der Waals surface area contributed by atoms with Crippen molar-refractivity contribution in [1.29, 1.82) is 0 Å². The maximum atomic E-state index is 11.9. The standard InChI is InChI=1S/C13H21NO3/c15-12(9-3-1-2-4-9)14-11-7-5-10(6-8-11)13(16)17/h9-11H,1-8H2,(H,14,15)(H,16,17). The maximum absolute atomic E-state index is 11.9. The zero-order chi connectivity index (χ0) is 12.3. The molecule has 0 spiro atoms. The molecule has 0 radical (unpaired) electrons.